The third-order valence-corrected chi connectivity index (χ3v) is 1.82. The highest BCUT2D eigenvalue weighted by atomic mass is 35.5. The first-order chi connectivity index (χ1) is 7.19. The molecule has 0 aliphatic rings. The van der Waals surface area contributed by atoms with E-state index in [0.717, 1.165) is 0 Å². The number of rotatable bonds is 3. The van der Waals surface area contributed by atoms with Gasteiger partial charge in [0, 0.05) is 0 Å². The number of nitrogens with zero attached hydrogens (tertiary/aromatic N) is 3. The Bertz CT molecular complexity index is 341. The van der Waals surface area contributed by atoms with Gasteiger partial charge in [0.1, 0.15) is 11.0 Å². The van der Waals surface area contributed by atoms with Crippen molar-refractivity contribution in [2.24, 2.45) is 5.10 Å². The second-order valence-corrected chi connectivity index (χ2v) is 2.82. The molecule has 0 bridgehead atoms. The van der Waals surface area contributed by atoms with Gasteiger partial charge in [0.2, 0.25) is 0 Å². The molecule has 1 rings (SSSR count). The van der Waals surface area contributed by atoms with Crippen LogP contribution in [0.5, 0.6) is 0 Å². The minimum absolute atomic E-state index is 0.446. The van der Waals surface area contributed by atoms with Crippen LogP contribution in [0.2, 0.25) is 0 Å². The third kappa shape index (κ3) is 3.75. The second-order valence-electron chi connectivity index (χ2n) is 2.39. The quantitative estimate of drug-likeness (QED) is 0.809. The summed E-state index contributed by atoms with van der Waals surface area (Å²) in [5.74, 6) is 1.03. The first kappa shape index (κ1) is 13.7. The van der Waals surface area contributed by atoms with Gasteiger partial charge in [-0.05, 0) is 12.5 Å². The molecule has 1 aromatic heterocycles. The Balaban J connectivity index is 0.000000921. The Hall–Kier alpha value is -1.29. The van der Waals surface area contributed by atoms with Crippen molar-refractivity contribution in [3.63, 3.8) is 0 Å². The van der Waals surface area contributed by atoms with Gasteiger partial charge in [-0.25, -0.2) is 4.98 Å². The molecular formula is C10H17ClN4. The summed E-state index contributed by atoms with van der Waals surface area (Å²) in [7, 11) is 0. The summed E-state index contributed by atoms with van der Waals surface area (Å²) in [6.07, 6.45) is 3.75. The molecule has 0 saturated carbocycles. The van der Waals surface area contributed by atoms with Crippen LogP contribution in [-0.4, -0.2) is 14.8 Å². The summed E-state index contributed by atoms with van der Waals surface area (Å²) in [5, 5.41) is 4.53. The largest absolute Gasteiger partial charge is 0.382 e. The SMILES string of the molecule is C=Cc1ncc(N)n1/N=C(/Cl)CC.CC. The van der Waals surface area contributed by atoms with E-state index in [0.29, 0.717) is 23.2 Å². The van der Waals surface area contributed by atoms with Crippen molar-refractivity contribution in [2.75, 3.05) is 5.73 Å². The normalized spacial score (nSPS) is 10.5. The lowest BCUT2D eigenvalue weighted by Crippen LogP contribution is -2.00. The molecule has 0 unspecified atom stereocenters. The summed E-state index contributed by atoms with van der Waals surface area (Å²) >= 11 is 5.77. The van der Waals surface area contributed by atoms with Crippen LogP contribution in [0, 0.1) is 0 Å². The predicted octanol–water partition coefficient (Wildman–Crippen LogP) is 2.94. The molecule has 4 nitrogen and oxygen atoms in total. The van der Waals surface area contributed by atoms with E-state index >= 15 is 0 Å². The van der Waals surface area contributed by atoms with Crippen molar-refractivity contribution in [1.82, 2.24) is 9.66 Å². The number of nitrogens with two attached hydrogens (primary N) is 1. The van der Waals surface area contributed by atoms with Crippen LogP contribution in [-0.2, 0) is 0 Å². The molecule has 0 radical (unpaired) electrons. The molecule has 0 fully saturated rings. The highest BCUT2D eigenvalue weighted by Crippen LogP contribution is 2.09. The van der Waals surface area contributed by atoms with Crippen molar-refractivity contribution in [2.45, 2.75) is 27.2 Å². The van der Waals surface area contributed by atoms with E-state index in [1.165, 1.54) is 10.9 Å². The van der Waals surface area contributed by atoms with Crippen LogP contribution < -0.4 is 5.73 Å². The third-order valence-electron chi connectivity index (χ3n) is 1.47. The zero-order valence-electron chi connectivity index (χ0n) is 9.37. The number of halogens is 1. The maximum absolute atomic E-state index is 5.77. The zero-order chi connectivity index (χ0) is 11.8. The molecule has 0 saturated heterocycles. The molecule has 1 aromatic rings. The summed E-state index contributed by atoms with van der Waals surface area (Å²) in [6, 6.07) is 0. The molecule has 5 heteroatoms. The lowest BCUT2D eigenvalue weighted by molar-refractivity contribution is 0.870. The fourth-order valence-electron chi connectivity index (χ4n) is 0.801. The summed E-state index contributed by atoms with van der Waals surface area (Å²) < 4.78 is 1.46. The number of aromatic nitrogens is 2. The molecular weight excluding hydrogens is 212 g/mol. The smallest absolute Gasteiger partial charge is 0.155 e. The first-order valence-corrected chi connectivity index (χ1v) is 5.25. The van der Waals surface area contributed by atoms with Gasteiger partial charge >= 0.3 is 0 Å². The molecule has 15 heavy (non-hydrogen) atoms. The number of nitrogen functional groups attached to an aromatic ring is 1. The van der Waals surface area contributed by atoms with Crippen molar-refractivity contribution >= 4 is 28.7 Å². The minimum Gasteiger partial charge on any atom is -0.382 e. The van der Waals surface area contributed by atoms with Gasteiger partial charge in [0.25, 0.3) is 0 Å². The molecule has 1 heterocycles. The minimum atomic E-state index is 0.446. The number of anilines is 1. The molecule has 84 valence electrons. The zero-order valence-corrected chi connectivity index (χ0v) is 10.1. The van der Waals surface area contributed by atoms with Crippen LogP contribution in [0.15, 0.2) is 17.9 Å². The van der Waals surface area contributed by atoms with E-state index < -0.39 is 0 Å². The second kappa shape index (κ2) is 7.06. The average Bonchev–Trinajstić information content (AvgIpc) is 2.63. The Morgan fingerprint density at radius 2 is 2.33 bits per heavy atom. The fraction of sp³-hybridized carbons (Fsp3) is 0.400. The Labute approximate surface area is 95.4 Å². The van der Waals surface area contributed by atoms with Gasteiger partial charge in [-0.1, -0.05) is 39.0 Å². The van der Waals surface area contributed by atoms with Gasteiger partial charge in [-0.3, -0.25) is 0 Å². The van der Waals surface area contributed by atoms with Crippen LogP contribution in [0.1, 0.15) is 33.0 Å². The maximum Gasteiger partial charge on any atom is 0.155 e. The van der Waals surface area contributed by atoms with Crippen LogP contribution in [0.3, 0.4) is 0 Å². The molecule has 0 amide bonds. The van der Waals surface area contributed by atoms with Crippen LogP contribution >= 0.6 is 11.6 Å². The van der Waals surface area contributed by atoms with E-state index in [1.54, 1.807) is 6.08 Å². The van der Waals surface area contributed by atoms with E-state index in [2.05, 4.69) is 16.7 Å². The van der Waals surface area contributed by atoms with E-state index in [1.807, 2.05) is 20.8 Å². The molecule has 0 aromatic carbocycles. The van der Waals surface area contributed by atoms with Crippen LogP contribution in [0.25, 0.3) is 6.08 Å². The van der Waals surface area contributed by atoms with Crippen molar-refractivity contribution in [3.8, 4) is 0 Å². The molecule has 0 aliphatic carbocycles. The predicted molar refractivity (Wildman–Crippen MR) is 67.1 cm³/mol. The Morgan fingerprint density at radius 1 is 1.73 bits per heavy atom. The first-order valence-electron chi connectivity index (χ1n) is 4.88. The fourth-order valence-corrected chi connectivity index (χ4v) is 0.877. The highest BCUT2D eigenvalue weighted by molar-refractivity contribution is 6.65. The number of imidazole rings is 1. The molecule has 2 N–H and O–H groups in total. The van der Waals surface area contributed by atoms with Gasteiger partial charge in [-0.2, -0.15) is 9.78 Å². The summed E-state index contributed by atoms with van der Waals surface area (Å²) in [6.45, 7) is 9.50. The van der Waals surface area contributed by atoms with E-state index in [9.17, 15) is 0 Å². The van der Waals surface area contributed by atoms with Gasteiger partial charge in [0.15, 0.2) is 5.82 Å². The molecule has 0 aliphatic heterocycles. The lowest BCUT2D eigenvalue weighted by atomic mass is 10.5. The summed E-state index contributed by atoms with van der Waals surface area (Å²) in [4.78, 5) is 3.98. The Morgan fingerprint density at radius 3 is 2.80 bits per heavy atom. The van der Waals surface area contributed by atoms with Crippen molar-refractivity contribution in [1.29, 1.82) is 0 Å². The maximum atomic E-state index is 5.77. The molecule has 0 spiro atoms. The lowest BCUT2D eigenvalue weighted by Gasteiger charge is -1.99. The van der Waals surface area contributed by atoms with Gasteiger partial charge in [-0.15, -0.1) is 0 Å². The van der Waals surface area contributed by atoms with Gasteiger partial charge < -0.3 is 5.73 Å². The standard InChI is InChI=1S/C8H11ClN4.C2H6/c1-3-6(9)12-13-7(10)5-11-8(13)4-2;1-2/h4-5H,2-3,10H2,1H3;1-2H3/b12-6+;. The topological polar surface area (TPSA) is 56.2 Å². The van der Waals surface area contributed by atoms with Crippen molar-refractivity contribution in [3.05, 3.63) is 18.6 Å². The summed E-state index contributed by atoms with van der Waals surface area (Å²) in [5.41, 5.74) is 5.61. The van der Waals surface area contributed by atoms with E-state index in [4.69, 9.17) is 17.3 Å². The molecule has 0 atom stereocenters. The number of hydrogen-bond donors (Lipinski definition) is 1. The van der Waals surface area contributed by atoms with Crippen molar-refractivity contribution < 1.29 is 0 Å². The monoisotopic (exact) mass is 228 g/mol. The van der Waals surface area contributed by atoms with E-state index in [-0.39, 0.29) is 0 Å². The highest BCUT2D eigenvalue weighted by Gasteiger charge is 2.03. The van der Waals surface area contributed by atoms with Gasteiger partial charge in [0.05, 0.1) is 6.20 Å². The van der Waals surface area contributed by atoms with Crippen LogP contribution in [0.4, 0.5) is 5.82 Å². The average molecular weight is 229 g/mol. The Kier molecular flexibility index (Phi) is 6.45. The number of hydrogen-bond acceptors (Lipinski definition) is 3.